The van der Waals surface area contributed by atoms with Crippen molar-refractivity contribution in [1.82, 2.24) is 4.90 Å². The maximum Gasteiger partial charge on any atom is 0.416 e. The van der Waals surface area contributed by atoms with Crippen LogP contribution in [0.3, 0.4) is 0 Å². The molecule has 6 nitrogen and oxygen atoms in total. The van der Waals surface area contributed by atoms with Crippen molar-refractivity contribution >= 4 is 17.9 Å². The molecule has 0 aromatic heterocycles. The van der Waals surface area contributed by atoms with Crippen LogP contribution in [0.2, 0.25) is 0 Å². The van der Waals surface area contributed by atoms with Gasteiger partial charge in [0.1, 0.15) is 6.09 Å². The van der Waals surface area contributed by atoms with E-state index in [0.29, 0.717) is 40.1 Å². The highest BCUT2D eigenvalue weighted by atomic mass is 19.4. The van der Waals surface area contributed by atoms with Gasteiger partial charge in [0.25, 0.3) is 0 Å². The normalized spacial score (nSPS) is 19.4. The molecule has 2 atom stereocenters. The molecule has 0 saturated carbocycles. The molecular formula is C24H20F9N2O4-. The van der Waals surface area contributed by atoms with Gasteiger partial charge in [0.15, 0.2) is 0 Å². The highest BCUT2D eigenvalue weighted by molar-refractivity contribution is 5.88. The first-order chi connectivity index (χ1) is 19.0. The molecule has 214 valence electrons. The average molecular weight is 574 g/mol. The van der Waals surface area contributed by atoms with Crippen LogP contribution in [0.4, 0.5) is 54.8 Å². The number of nitrogens with zero attached hydrogens (tertiary/aromatic N) is 2. The quantitative estimate of drug-likeness (QED) is 0.397. The molecule has 0 aliphatic carbocycles. The van der Waals surface area contributed by atoms with Crippen molar-refractivity contribution in [3.8, 4) is 0 Å². The van der Waals surface area contributed by atoms with Gasteiger partial charge < -0.3 is 19.5 Å². The second-order valence-electron chi connectivity index (χ2n) is 8.53. The first-order valence-electron chi connectivity index (χ1n) is 12.4. The minimum absolute atomic E-state index is 0.165. The summed E-state index contributed by atoms with van der Waals surface area (Å²) in [5.41, 5.74) is -6.60. The van der Waals surface area contributed by atoms with E-state index in [1.165, 1.54) is 0 Å². The van der Waals surface area contributed by atoms with Crippen molar-refractivity contribution in [3.63, 3.8) is 0 Å². The number of anilines is 1. The number of amides is 2. The topological polar surface area (TPSA) is 72.9 Å². The molecule has 2 aromatic rings. The van der Waals surface area contributed by atoms with Gasteiger partial charge in [-0.25, -0.2) is 4.79 Å². The second kappa shape index (κ2) is 10.5. The molecule has 1 aliphatic rings. The minimum Gasteiger partial charge on any atom is -0.530 e. The van der Waals surface area contributed by atoms with Crippen molar-refractivity contribution in [2.24, 2.45) is 0 Å². The van der Waals surface area contributed by atoms with Gasteiger partial charge in [-0.2, -0.15) is 39.5 Å². The number of methoxy groups -OCH3 is 1. The number of benzene rings is 2. The van der Waals surface area contributed by atoms with E-state index >= 15 is 0 Å². The van der Waals surface area contributed by atoms with E-state index in [1.807, 2.05) is 0 Å². The fraction of sp³-hybridized carbons (Fsp3) is 0.417. The molecule has 2 amide bonds. The number of carbonyl (C=O) groups is 2. The van der Waals surface area contributed by atoms with E-state index < -0.39 is 103 Å². The van der Waals surface area contributed by atoms with Crippen LogP contribution in [-0.4, -0.2) is 30.2 Å². The lowest BCUT2D eigenvalue weighted by atomic mass is 9.87. The number of ether oxygens (including phenoxy) is 1. The zero-order chi connectivity index (χ0) is 32.0. The van der Waals surface area contributed by atoms with Gasteiger partial charge in [-0.05, 0) is 60.4 Å². The van der Waals surface area contributed by atoms with Crippen LogP contribution >= 0.6 is 0 Å². The summed E-state index contributed by atoms with van der Waals surface area (Å²) in [6.45, 7) is -3.89. The predicted molar refractivity (Wildman–Crippen MR) is 115 cm³/mol. The molecule has 0 radical (unpaired) electrons. The molecule has 2 unspecified atom stereocenters. The number of hydrogen-bond donors (Lipinski definition) is 0. The monoisotopic (exact) mass is 574 g/mol. The van der Waals surface area contributed by atoms with Crippen LogP contribution in [-0.2, 0) is 29.8 Å². The van der Waals surface area contributed by atoms with E-state index in [-0.39, 0.29) is 6.07 Å². The third-order valence-electron chi connectivity index (χ3n) is 6.05. The fourth-order valence-electron chi connectivity index (χ4n) is 4.35. The summed E-state index contributed by atoms with van der Waals surface area (Å²) >= 11 is 0. The number of carbonyl (C=O) groups excluding carboxylic acids is 2. The van der Waals surface area contributed by atoms with Gasteiger partial charge in [-0.3, -0.25) is 4.90 Å². The van der Waals surface area contributed by atoms with Crippen LogP contribution in [0.25, 0.3) is 0 Å². The van der Waals surface area contributed by atoms with Crippen LogP contribution in [0.15, 0.2) is 36.4 Å². The summed E-state index contributed by atoms with van der Waals surface area (Å²) in [5.74, 6) is 0. The van der Waals surface area contributed by atoms with E-state index in [0.717, 1.165) is 7.11 Å². The van der Waals surface area contributed by atoms with Crippen molar-refractivity contribution in [2.75, 3.05) is 12.0 Å². The fourth-order valence-corrected chi connectivity index (χ4v) is 4.35. The molecule has 39 heavy (non-hydrogen) atoms. The van der Waals surface area contributed by atoms with Crippen LogP contribution in [0.5, 0.6) is 0 Å². The van der Waals surface area contributed by atoms with Gasteiger partial charge in [0.05, 0.1) is 29.8 Å². The Balaban J connectivity index is 2.26. The number of hydrogen-bond acceptors (Lipinski definition) is 4. The molecule has 0 fully saturated rings. The number of carboxylic acid groups (broad SMARTS) is 1. The first kappa shape index (κ1) is 25.6. The Labute approximate surface area is 219 Å². The van der Waals surface area contributed by atoms with Crippen molar-refractivity contribution < 1.29 is 63.1 Å². The Morgan fingerprint density at radius 3 is 2.00 bits per heavy atom. The predicted octanol–water partition coefficient (Wildman–Crippen LogP) is 6.38. The minimum atomic E-state index is -5.26. The van der Waals surface area contributed by atoms with Crippen molar-refractivity contribution in [2.45, 2.75) is 56.9 Å². The van der Waals surface area contributed by atoms with E-state index in [4.69, 9.17) is 4.11 Å². The van der Waals surface area contributed by atoms with E-state index in [1.54, 1.807) is 0 Å². The summed E-state index contributed by atoms with van der Waals surface area (Å²) in [6.07, 6.45) is -20.5. The summed E-state index contributed by atoms with van der Waals surface area (Å²) in [5, 5.41) is 12.0. The maximum absolute atomic E-state index is 13.6. The van der Waals surface area contributed by atoms with Crippen LogP contribution in [0.1, 0.15) is 57.7 Å². The summed E-state index contributed by atoms with van der Waals surface area (Å²) < 4.78 is 149. The highest BCUT2D eigenvalue weighted by Gasteiger charge is 2.41. The molecule has 0 bridgehead atoms. The molecule has 1 heterocycles. The van der Waals surface area contributed by atoms with Gasteiger partial charge in [0.2, 0.25) is 0 Å². The molecule has 1 aliphatic heterocycles. The van der Waals surface area contributed by atoms with E-state index in [9.17, 15) is 54.2 Å². The van der Waals surface area contributed by atoms with Crippen molar-refractivity contribution in [3.05, 3.63) is 64.2 Å². The molecule has 15 heteroatoms. The molecule has 0 saturated heterocycles. The summed E-state index contributed by atoms with van der Waals surface area (Å²) in [7, 11) is 0.784. The van der Waals surface area contributed by atoms with Gasteiger partial charge >= 0.3 is 24.6 Å². The Hall–Kier alpha value is -3.65. The Morgan fingerprint density at radius 1 is 0.974 bits per heavy atom. The Kier molecular flexibility index (Phi) is 6.89. The zero-order valence-corrected chi connectivity index (χ0v) is 19.7. The number of fused-ring (bicyclic) bond motifs is 1. The summed E-state index contributed by atoms with van der Waals surface area (Å²) in [4.78, 5) is 25.8. The van der Waals surface area contributed by atoms with Crippen LogP contribution in [0, 0.1) is 0 Å². The Bertz CT molecular complexity index is 1310. The zero-order valence-electron chi connectivity index (χ0n) is 22.7. The van der Waals surface area contributed by atoms with Gasteiger partial charge in [0, 0.05) is 22.4 Å². The average Bonchev–Trinajstić information content (AvgIpc) is 2.83. The standard InChI is InChI=1S/C24H21F9N2O4/c1-3-16-10-19(17-9-13(22(25,26)27)4-5-18(17)35(16)20(36)37)34(21(38)39-2)11-12-6-14(23(28,29)30)8-15(7-12)24(31,32)33/h4-9,16,19H,3,10-11H2,1-2H3,(H,36,37)/p-1/i1D3. The number of halogens is 9. The lowest BCUT2D eigenvalue weighted by molar-refractivity contribution is -0.247. The first-order valence-corrected chi connectivity index (χ1v) is 10.9. The summed E-state index contributed by atoms with van der Waals surface area (Å²) in [6, 6.07) is -1.20. The molecular weight excluding hydrogens is 551 g/mol. The third kappa shape index (κ3) is 6.33. The SMILES string of the molecule is [2H]C([2H])([2H])CC1CC(N(Cc2cc(C(F)(F)F)cc(C(F)(F)F)c2)C(=O)OC)c2cc(C(F)(F)F)ccc2N1C(=O)[O-]. The highest BCUT2D eigenvalue weighted by Crippen LogP contribution is 2.45. The third-order valence-corrected chi connectivity index (χ3v) is 6.05. The maximum atomic E-state index is 13.6. The van der Waals surface area contributed by atoms with Crippen molar-refractivity contribution in [1.29, 1.82) is 0 Å². The van der Waals surface area contributed by atoms with Gasteiger partial charge in [-0.15, -0.1) is 0 Å². The Morgan fingerprint density at radius 2 is 1.54 bits per heavy atom. The lowest BCUT2D eigenvalue weighted by Crippen LogP contribution is -2.52. The second-order valence-corrected chi connectivity index (χ2v) is 8.53. The number of rotatable bonds is 4. The molecule has 0 N–H and O–H groups in total. The molecule has 2 aromatic carbocycles. The lowest BCUT2D eigenvalue weighted by Gasteiger charge is -2.45. The molecule has 0 spiro atoms. The van der Waals surface area contributed by atoms with Crippen LogP contribution < -0.4 is 10.0 Å². The number of alkyl halides is 9. The van der Waals surface area contributed by atoms with Gasteiger partial charge in [-0.1, -0.05) is 6.85 Å². The van der Waals surface area contributed by atoms with E-state index in [2.05, 4.69) is 4.74 Å². The largest absolute Gasteiger partial charge is 0.530 e. The molecule has 3 rings (SSSR count). The smallest absolute Gasteiger partial charge is 0.416 e.